The average Bonchev–Trinajstić information content (AvgIpc) is 2.87. The van der Waals surface area contributed by atoms with Gasteiger partial charge in [-0.3, -0.25) is 4.79 Å². The van der Waals surface area contributed by atoms with Gasteiger partial charge in [0.15, 0.2) is 0 Å². The molecule has 1 aromatic rings. The van der Waals surface area contributed by atoms with Crippen molar-refractivity contribution in [2.75, 3.05) is 23.9 Å². The third kappa shape index (κ3) is 5.41. The molecule has 5 nitrogen and oxygen atoms in total. The summed E-state index contributed by atoms with van der Waals surface area (Å²) in [6.45, 7) is 6.69. The topological polar surface area (TPSA) is 58.6 Å². The Hall–Kier alpha value is -1.75. The van der Waals surface area contributed by atoms with Crippen molar-refractivity contribution in [2.45, 2.75) is 39.2 Å². The van der Waals surface area contributed by atoms with Crippen LogP contribution in [0, 0.1) is 5.92 Å². The molecule has 1 aromatic carbocycles. The Labute approximate surface area is 148 Å². The first-order valence-electron chi connectivity index (χ1n) is 8.20. The highest BCUT2D eigenvalue weighted by molar-refractivity contribution is 6.18. The number of nitrogens with zero attached hydrogens (tertiary/aromatic N) is 1. The lowest BCUT2D eigenvalue weighted by Gasteiger charge is -2.19. The number of nitrogens with one attached hydrogen (secondary N) is 1. The van der Waals surface area contributed by atoms with Crippen molar-refractivity contribution in [3.8, 4) is 0 Å². The van der Waals surface area contributed by atoms with E-state index in [1.807, 2.05) is 45.0 Å². The summed E-state index contributed by atoms with van der Waals surface area (Å²) in [4.78, 5) is 25.4. The van der Waals surface area contributed by atoms with E-state index >= 15 is 0 Å². The normalized spacial score (nSPS) is 17.9. The number of amides is 2. The maximum atomic E-state index is 12.0. The first kappa shape index (κ1) is 18.6. The highest BCUT2D eigenvalue weighted by Gasteiger charge is 2.29. The fourth-order valence-electron chi connectivity index (χ4n) is 2.60. The number of carbonyl (C=O) groups is 2. The van der Waals surface area contributed by atoms with E-state index in [4.69, 9.17) is 16.3 Å². The maximum absolute atomic E-state index is 12.0. The van der Waals surface area contributed by atoms with E-state index in [1.54, 1.807) is 4.90 Å². The molecule has 1 aliphatic rings. The molecule has 0 aliphatic carbocycles. The molecule has 0 aromatic heterocycles. The summed E-state index contributed by atoms with van der Waals surface area (Å²) < 4.78 is 5.19. The largest absolute Gasteiger partial charge is 0.444 e. The van der Waals surface area contributed by atoms with Crippen LogP contribution in [0.3, 0.4) is 0 Å². The van der Waals surface area contributed by atoms with E-state index < -0.39 is 11.7 Å². The smallest absolute Gasteiger partial charge is 0.407 e. The Morgan fingerprint density at radius 3 is 2.54 bits per heavy atom. The molecule has 6 heteroatoms. The van der Waals surface area contributed by atoms with Crippen LogP contribution in [0.1, 0.15) is 32.8 Å². The molecule has 1 unspecified atom stereocenters. The van der Waals surface area contributed by atoms with Crippen LogP contribution >= 0.6 is 11.6 Å². The number of alkyl carbamates (subject to hydrolysis) is 1. The van der Waals surface area contributed by atoms with Crippen LogP contribution in [0.5, 0.6) is 0 Å². The van der Waals surface area contributed by atoms with E-state index in [2.05, 4.69) is 5.32 Å². The Kier molecular flexibility index (Phi) is 6.10. The standard InChI is InChI=1S/C18H25ClN2O3/c1-18(2,3)24-17(23)20-9-8-13-4-6-15(7-5-13)21-12-14(11-19)10-16(21)22/h4-7,14H,8-12H2,1-3H3,(H,20,23). The maximum Gasteiger partial charge on any atom is 0.407 e. The molecule has 0 saturated carbocycles. The second-order valence-electron chi connectivity index (χ2n) is 7.07. The number of hydrogen-bond donors (Lipinski definition) is 1. The van der Waals surface area contributed by atoms with Gasteiger partial charge in [-0.1, -0.05) is 12.1 Å². The van der Waals surface area contributed by atoms with Crippen LogP contribution in [-0.4, -0.2) is 36.6 Å². The van der Waals surface area contributed by atoms with Crippen LogP contribution in [-0.2, 0) is 16.0 Å². The summed E-state index contributed by atoms with van der Waals surface area (Å²) in [5.74, 6) is 0.869. The third-order valence-corrected chi connectivity index (χ3v) is 4.19. The molecule has 2 amide bonds. The summed E-state index contributed by atoms with van der Waals surface area (Å²) >= 11 is 5.85. The fraction of sp³-hybridized carbons (Fsp3) is 0.556. The number of anilines is 1. The Morgan fingerprint density at radius 1 is 1.33 bits per heavy atom. The molecular formula is C18H25ClN2O3. The number of carbonyl (C=O) groups excluding carboxylic acids is 2. The van der Waals surface area contributed by atoms with E-state index in [0.29, 0.717) is 31.8 Å². The lowest BCUT2D eigenvalue weighted by atomic mass is 10.1. The van der Waals surface area contributed by atoms with Gasteiger partial charge in [0.1, 0.15) is 5.60 Å². The van der Waals surface area contributed by atoms with Gasteiger partial charge in [0.05, 0.1) is 0 Å². The minimum Gasteiger partial charge on any atom is -0.444 e. The second-order valence-corrected chi connectivity index (χ2v) is 7.38. The zero-order chi connectivity index (χ0) is 17.7. The van der Waals surface area contributed by atoms with Crippen LogP contribution < -0.4 is 10.2 Å². The van der Waals surface area contributed by atoms with E-state index in [9.17, 15) is 9.59 Å². The predicted molar refractivity (Wildman–Crippen MR) is 95.6 cm³/mol. The van der Waals surface area contributed by atoms with Gasteiger partial charge in [-0.2, -0.15) is 0 Å². The van der Waals surface area contributed by atoms with Gasteiger partial charge >= 0.3 is 6.09 Å². The van der Waals surface area contributed by atoms with Crippen LogP contribution in [0.4, 0.5) is 10.5 Å². The molecular weight excluding hydrogens is 328 g/mol. The van der Waals surface area contributed by atoms with Crippen LogP contribution in [0.15, 0.2) is 24.3 Å². The quantitative estimate of drug-likeness (QED) is 0.827. The number of ether oxygens (including phenoxy) is 1. The molecule has 0 spiro atoms. The Balaban J connectivity index is 1.82. The van der Waals surface area contributed by atoms with Crippen molar-refractivity contribution < 1.29 is 14.3 Å². The summed E-state index contributed by atoms with van der Waals surface area (Å²) in [5.41, 5.74) is 1.50. The molecule has 1 N–H and O–H groups in total. The number of rotatable bonds is 5. The summed E-state index contributed by atoms with van der Waals surface area (Å²) in [5, 5.41) is 2.74. The first-order chi connectivity index (χ1) is 11.3. The van der Waals surface area contributed by atoms with Gasteiger partial charge in [-0.05, 0) is 50.8 Å². The zero-order valence-corrected chi connectivity index (χ0v) is 15.2. The number of alkyl halides is 1. The van der Waals surface area contributed by atoms with Gasteiger partial charge in [-0.25, -0.2) is 4.79 Å². The lowest BCUT2D eigenvalue weighted by Crippen LogP contribution is -2.33. The summed E-state index contributed by atoms with van der Waals surface area (Å²) in [6.07, 6.45) is 0.817. The van der Waals surface area contributed by atoms with Crippen molar-refractivity contribution in [1.29, 1.82) is 0 Å². The van der Waals surface area contributed by atoms with Crippen molar-refractivity contribution in [1.82, 2.24) is 5.32 Å². The van der Waals surface area contributed by atoms with Crippen molar-refractivity contribution >= 4 is 29.3 Å². The zero-order valence-electron chi connectivity index (χ0n) is 14.5. The van der Waals surface area contributed by atoms with Crippen molar-refractivity contribution in [2.24, 2.45) is 5.92 Å². The second kappa shape index (κ2) is 7.88. The first-order valence-corrected chi connectivity index (χ1v) is 8.74. The van der Waals surface area contributed by atoms with Gasteiger partial charge in [-0.15, -0.1) is 11.6 Å². The van der Waals surface area contributed by atoms with E-state index in [1.165, 1.54) is 0 Å². The highest BCUT2D eigenvalue weighted by Crippen LogP contribution is 2.26. The SMILES string of the molecule is CC(C)(C)OC(=O)NCCc1ccc(N2CC(CCl)CC2=O)cc1. The number of hydrogen-bond acceptors (Lipinski definition) is 3. The molecule has 1 fully saturated rings. The molecule has 1 aliphatic heterocycles. The van der Waals surface area contributed by atoms with E-state index in [-0.39, 0.29) is 11.8 Å². The molecule has 132 valence electrons. The molecule has 1 atom stereocenters. The van der Waals surface area contributed by atoms with Crippen LogP contribution in [0.2, 0.25) is 0 Å². The molecule has 2 rings (SSSR count). The fourth-order valence-corrected chi connectivity index (χ4v) is 2.81. The van der Waals surface area contributed by atoms with Gasteiger partial charge in [0.25, 0.3) is 0 Å². The third-order valence-electron chi connectivity index (χ3n) is 3.75. The van der Waals surface area contributed by atoms with Gasteiger partial charge in [0, 0.05) is 31.1 Å². The Bertz CT molecular complexity index is 581. The Morgan fingerprint density at radius 2 is 2.00 bits per heavy atom. The monoisotopic (exact) mass is 352 g/mol. The molecule has 24 heavy (non-hydrogen) atoms. The number of benzene rings is 1. The van der Waals surface area contributed by atoms with Crippen molar-refractivity contribution in [3.63, 3.8) is 0 Å². The van der Waals surface area contributed by atoms with Crippen LogP contribution in [0.25, 0.3) is 0 Å². The number of halogens is 1. The summed E-state index contributed by atoms with van der Waals surface area (Å²) in [7, 11) is 0. The van der Waals surface area contributed by atoms with Gasteiger partial charge < -0.3 is 15.0 Å². The van der Waals surface area contributed by atoms with Gasteiger partial charge in [0.2, 0.25) is 5.91 Å². The molecule has 0 radical (unpaired) electrons. The molecule has 1 saturated heterocycles. The molecule has 0 bridgehead atoms. The highest BCUT2D eigenvalue weighted by atomic mass is 35.5. The average molecular weight is 353 g/mol. The minimum absolute atomic E-state index is 0.125. The lowest BCUT2D eigenvalue weighted by molar-refractivity contribution is -0.117. The summed E-state index contributed by atoms with van der Waals surface area (Å²) in [6, 6.07) is 7.84. The van der Waals surface area contributed by atoms with Crippen molar-refractivity contribution in [3.05, 3.63) is 29.8 Å². The minimum atomic E-state index is -0.491. The van der Waals surface area contributed by atoms with E-state index in [0.717, 1.165) is 11.3 Å². The predicted octanol–water partition coefficient (Wildman–Crippen LogP) is 3.35. The molecule has 1 heterocycles.